The van der Waals surface area contributed by atoms with Crippen molar-refractivity contribution in [2.75, 3.05) is 7.11 Å². The fraction of sp³-hybridized carbons (Fsp3) is 0.250. The van der Waals surface area contributed by atoms with E-state index >= 15 is 0 Å². The van der Waals surface area contributed by atoms with Crippen molar-refractivity contribution in [1.29, 1.82) is 0 Å². The molecule has 49 heavy (non-hydrogen) atoms. The molecule has 0 fully saturated rings. The monoisotopic (exact) mass is 810 g/mol. The van der Waals surface area contributed by atoms with Gasteiger partial charge in [-0.2, -0.15) is 0 Å². The van der Waals surface area contributed by atoms with E-state index in [-0.39, 0.29) is 26.1 Å². The largest absolute Gasteiger partial charge is 0.465 e. The number of hydrogen-bond acceptors (Lipinski definition) is 6. The maximum atomic E-state index is 13.7. The molecule has 2 aliphatic heterocycles. The molecule has 6 nitrogen and oxygen atoms in total. The highest BCUT2D eigenvalue weighted by molar-refractivity contribution is 9.10. The molecule has 0 bridgehead atoms. The second-order valence-electron chi connectivity index (χ2n) is 12.1. The Bertz CT molecular complexity index is 2000. The normalized spacial score (nSPS) is 19.7. The van der Waals surface area contributed by atoms with Crippen molar-refractivity contribution < 1.29 is 28.0 Å². The highest BCUT2D eigenvalue weighted by Crippen LogP contribution is 2.41. The van der Waals surface area contributed by atoms with E-state index in [1.807, 2.05) is 52.0 Å². The lowest BCUT2D eigenvalue weighted by molar-refractivity contribution is -0.00760. The molecule has 4 aromatic carbocycles. The molecule has 0 radical (unpaired) electrons. The molecule has 2 unspecified atom stereocenters. The van der Waals surface area contributed by atoms with Crippen molar-refractivity contribution in [2.24, 2.45) is 10.3 Å². The minimum Gasteiger partial charge on any atom is -0.465 e. The number of carbonyl (C=O) groups excluding carboxylic acids is 1. The SMILES string of the molecule is COC(=O)c1ccc(C2=NOC(C)(c3cc(Cl)c(F)c(Cl)c3)C2)cc1C.Cc1cc(C2=NOC(C)(c3cc(Cl)c(F)c(Cl)c3)C2)ccc1Br. The summed E-state index contributed by atoms with van der Waals surface area (Å²) >= 11 is 27.1. The predicted octanol–water partition coefficient (Wildman–Crippen LogP) is 11.5. The molecule has 0 aromatic heterocycles. The molecule has 0 N–H and O–H groups in total. The van der Waals surface area contributed by atoms with Crippen molar-refractivity contribution in [2.45, 2.75) is 51.7 Å². The van der Waals surface area contributed by atoms with E-state index in [1.54, 1.807) is 12.1 Å². The molecule has 0 aliphatic carbocycles. The summed E-state index contributed by atoms with van der Waals surface area (Å²) in [4.78, 5) is 23.0. The van der Waals surface area contributed by atoms with Crippen LogP contribution in [-0.2, 0) is 25.6 Å². The number of nitrogens with zero attached hydrogens (tertiary/aromatic N) is 2. The Morgan fingerprint density at radius 1 is 0.735 bits per heavy atom. The molecule has 2 atom stereocenters. The average Bonchev–Trinajstić information content (AvgIpc) is 3.67. The highest BCUT2D eigenvalue weighted by Gasteiger charge is 2.39. The number of oxime groups is 2. The fourth-order valence-electron chi connectivity index (χ4n) is 5.43. The molecule has 2 aliphatic rings. The number of halogens is 7. The standard InChI is InChI=1S/C19H16Cl2FNO3.C17H13BrCl2FNO/c1-10-6-11(4-5-13(10)18(24)25-3)16-9-19(2,26-23-16)12-7-14(20)17(22)15(21)8-12;1-9-5-10(3-4-12(9)18)15-8-17(2,23-22-15)11-6-13(19)16(21)14(20)7-11/h4-8H,9H2,1-3H3;3-7H,8H2,1-2H3. The Morgan fingerprint density at radius 2 is 1.14 bits per heavy atom. The zero-order chi connectivity index (χ0) is 35.8. The summed E-state index contributed by atoms with van der Waals surface area (Å²) in [5.74, 6) is -1.67. The number of rotatable bonds is 5. The zero-order valence-electron chi connectivity index (χ0n) is 26.9. The van der Waals surface area contributed by atoms with E-state index in [4.69, 9.17) is 60.8 Å². The Labute approximate surface area is 311 Å². The molecule has 13 heteroatoms. The van der Waals surface area contributed by atoms with Gasteiger partial charge in [0.2, 0.25) is 0 Å². The topological polar surface area (TPSA) is 69.5 Å². The van der Waals surface area contributed by atoms with Gasteiger partial charge in [-0.3, -0.25) is 0 Å². The van der Waals surface area contributed by atoms with E-state index in [0.29, 0.717) is 35.2 Å². The van der Waals surface area contributed by atoms with Gasteiger partial charge in [-0.05, 0) is 98.5 Å². The van der Waals surface area contributed by atoms with Crippen LogP contribution in [0.1, 0.15) is 70.4 Å². The summed E-state index contributed by atoms with van der Waals surface area (Å²) in [6, 6.07) is 17.4. The van der Waals surface area contributed by atoms with Crippen LogP contribution in [0.5, 0.6) is 0 Å². The van der Waals surface area contributed by atoms with Crippen LogP contribution in [0.3, 0.4) is 0 Å². The molecule has 0 amide bonds. The molecule has 6 rings (SSSR count). The van der Waals surface area contributed by atoms with Crippen molar-refractivity contribution in [1.82, 2.24) is 0 Å². The molecule has 0 spiro atoms. The van der Waals surface area contributed by atoms with Gasteiger partial charge in [0, 0.05) is 28.4 Å². The summed E-state index contributed by atoms with van der Waals surface area (Å²) in [6.07, 6.45) is 0.995. The number of aryl methyl sites for hydroxylation is 2. The summed E-state index contributed by atoms with van der Waals surface area (Å²) in [6.45, 7) is 7.56. The van der Waals surface area contributed by atoms with Crippen LogP contribution < -0.4 is 0 Å². The Kier molecular flexibility index (Phi) is 11.0. The minimum atomic E-state index is -0.814. The van der Waals surface area contributed by atoms with Crippen molar-refractivity contribution in [3.63, 3.8) is 0 Å². The van der Waals surface area contributed by atoms with Crippen molar-refractivity contribution in [3.05, 3.63) is 136 Å². The van der Waals surface area contributed by atoms with Crippen LogP contribution >= 0.6 is 62.3 Å². The molecule has 0 saturated heterocycles. The minimum absolute atomic E-state index is 0.0229. The van der Waals surface area contributed by atoms with E-state index in [1.165, 1.54) is 31.4 Å². The van der Waals surface area contributed by atoms with Crippen LogP contribution in [-0.4, -0.2) is 24.5 Å². The maximum Gasteiger partial charge on any atom is 0.338 e. The summed E-state index contributed by atoms with van der Waals surface area (Å²) in [5.41, 5.74) is 5.55. The first-order chi connectivity index (χ1) is 23.0. The molecule has 4 aromatic rings. The Morgan fingerprint density at radius 3 is 1.53 bits per heavy atom. The van der Waals surface area contributed by atoms with Crippen LogP contribution in [0.15, 0.2) is 75.4 Å². The number of benzene rings is 4. The smallest absolute Gasteiger partial charge is 0.338 e. The highest BCUT2D eigenvalue weighted by atomic mass is 79.9. The zero-order valence-corrected chi connectivity index (χ0v) is 31.5. The summed E-state index contributed by atoms with van der Waals surface area (Å²) in [7, 11) is 1.34. The number of ether oxygens (including phenoxy) is 1. The van der Waals surface area contributed by atoms with Gasteiger partial charge in [-0.15, -0.1) is 0 Å². The first-order valence-electron chi connectivity index (χ1n) is 14.8. The average molecular weight is 813 g/mol. The summed E-state index contributed by atoms with van der Waals surface area (Å²) in [5, 5.41) is 8.21. The van der Waals surface area contributed by atoms with E-state index < -0.39 is 22.8 Å². The summed E-state index contributed by atoms with van der Waals surface area (Å²) < 4.78 is 33.1. The number of esters is 1. The van der Waals surface area contributed by atoms with Crippen LogP contribution in [0.2, 0.25) is 20.1 Å². The van der Waals surface area contributed by atoms with E-state index in [2.05, 4.69) is 26.2 Å². The Balaban J connectivity index is 0.000000192. The molecular weight excluding hydrogens is 784 g/mol. The van der Waals surface area contributed by atoms with Gasteiger partial charge in [-0.25, -0.2) is 13.6 Å². The first kappa shape index (κ1) is 37.1. The maximum absolute atomic E-state index is 13.7. The lowest BCUT2D eigenvalue weighted by atomic mass is 9.88. The number of methoxy groups -OCH3 is 1. The van der Waals surface area contributed by atoms with Gasteiger partial charge >= 0.3 is 5.97 Å². The van der Waals surface area contributed by atoms with Gasteiger partial charge < -0.3 is 14.4 Å². The number of carbonyl (C=O) groups is 1. The fourth-order valence-corrected chi connectivity index (χ4v) is 6.65. The van der Waals surface area contributed by atoms with Crippen molar-refractivity contribution in [3.8, 4) is 0 Å². The van der Waals surface area contributed by atoms with E-state index in [9.17, 15) is 13.6 Å². The van der Waals surface area contributed by atoms with Crippen molar-refractivity contribution >= 4 is 79.7 Å². The third-order valence-corrected chi connectivity index (χ3v) is 10.4. The van der Waals surface area contributed by atoms with Crippen LogP contribution in [0, 0.1) is 25.5 Å². The quantitative estimate of drug-likeness (QED) is 0.149. The second kappa shape index (κ2) is 14.6. The predicted molar refractivity (Wildman–Crippen MR) is 193 cm³/mol. The van der Waals surface area contributed by atoms with Gasteiger partial charge in [0.1, 0.15) is 0 Å². The van der Waals surface area contributed by atoms with Crippen LogP contribution in [0.25, 0.3) is 0 Å². The first-order valence-corrected chi connectivity index (χ1v) is 17.1. The third-order valence-electron chi connectivity index (χ3n) is 8.37. The van der Waals surface area contributed by atoms with Crippen LogP contribution in [0.4, 0.5) is 8.78 Å². The number of hydrogen-bond donors (Lipinski definition) is 0. The molecular formula is C36H29BrCl4F2N2O4. The molecule has 256 valence electrons. The Hall–Kier alpha value is -3.21. The molecule has 0 saturated carbocycles. The lowest BCUT2D eigenvalue weighted by Gasteiger charge is -2.22. The van der Waals surface area contributed by atoms with Gasteiger partial charge in [0.15, 0.2) is 22.8 Å². The third kappa shape index (κ3) is 7.76. The van der Waals surface area contributed by atoms with Gasteiger partial charge in [0.25, 0.3) is 0 Å². The van der Waals surface area contributed by atoms with E-state index in [0.717, 1.165) is 32.4 Å². The molecule has 2 heterocycles. The van der Waals surface area contributed by atoms with Gasteiger partial charge in [0.05, 0.1) is 44.2 Å². The van der Waals surface area contributed by atoms with Gasteiger partial charge in [-0.1, -0.05) is 84.8 Å². The lowest BCUT2D eigenvalue weighted by Crippen LogP contribution is -2.22. The second-order valence-corrected chi connectivity index (χ2v) is 14.5.